The molecule has 0 saturated heterocycles. The van der Waals surface area contributed by atoms with Crippen molar-refractivity contribution in [3.05, 3.63) is 25.9 Å². The molecule has 0 aliphatic heterocycles. The molecule has 6 heteroatoms. The summed E-state index contributed by atoms with van der Waals surface area (Å²) in [5.41, 5.74) is -0.165. The van der Waals surface area contributed by atoms with Gasteiger partial charge in [-0.25, -0.2) is 13.8 Å². The molecule has 12 heavy (non-hydrogen) atoms. The molecule has 0 spiro atoms. The summed E-state index contributed by atoms with van der Waals surface area (Å²) in [5.74, 6) is 0. The van der Waals surface area contributed by atoms with Crippen LogP contribution in [-0.2, 0) is 0 Å². The van der Waals surface area contributed by atoms with Crippen molar-refractivity contribution in [3.63, 3.8) is 0 Å². The number of aromatic nitrogens is 1. The maximum atomic E-state index is 12.3. The Morgan fingerprint density at radius 1 is 1.42 bits per heavy atom. The van der Waals surface area contributed by atoms with E-state index in [0.29, 0.717) is 4.60 Å². The Hall–Kier alpha value is 0.260. The van der Waals surface area contributed by atoms with E-state index in [-0.39, 0.29) is 15.2 Å². The second-order valence-corrected chi connectivity index (χ2v) is 3.90. The van der Waals surface area contributed by atoms with Crippen LogP contribution < -0.4 is 0 Å². The monoisotopic (exact) mass is 319 g/mol. The number of alkyl halides is 2. The summed E-state index contributed by atoms with van der Waals surface area (Å²) in [7, 11) is 0. The minimum Gasteiger partial charge on any atom is -0.228 e. The van der Waals surface area contributed by atoms with Crippen LogP contribution in [0.2, 0.25) is 5.15 Å². The fourth-order valence-corrected chi connectivity index (χ4v) is 1.75. The second-order valence-electron chi connectivity index (χ2n) is 1.94. The first-order valence-electron chi connectivity index (χ1n) is 2.82. The summed E-state index contributed by atoms with van der Waals surface area (Å²) in [4.78, 5) is 3.72. The van der Waals surface area contributed by atoms with Crippen LogP contribution in [0.5, 0.6) is 0 Å². The fraction of sp³-hybridized carbons (Fsp3) is 0.167. The minimum absolute atomic E-state index is 0.0275. The van der Waals surface area contributed by atoms with E-state index in [1.54, 1.807) is 0 Å². The Labute approximate surface area is 89.4 Å². The molecule has 1 aromatic heterocycles. The summed E-state index contributed by atoms with van der Waals surface area (Å²) in [6.45, 7) is 0. The van der Waals surface area contributed by atoms with Crippen LogP contribution in [-0.4, -0.2) is 4.98 Å². The molecule has 0 aliphatic carbocycles. The van der Waals surface area contributed by atoms with Gasteiger partial charge in [0, 0.05) is 5.56 Å². The zero-order valence-corrected chi connectivity index (χ0v) is 9.42. The van der Waals surface area contributed by atoms with Gasteiger partial charge in [-0.1, -0.05) is 11.6 Å². The molecule has 0 N–H and O–H groups in total. The number of halogens is 5. The molecule has 0 radical (unpaired) electrons. The first kappa shape index (κ1) is 10.3. The average Bonchev–Trinajstić information content (AvgIpc) is 1.96. The van der Waals surface area contributed by atoms with Crippen LogP contribution in [0.25, 0.3) is 0 Å². The van der Waals surface area contributed by atoms with E-state index in [2.05, 4.69) is 36.8 Å². The maximum Gasteiger partial charge on any atom is 0.265 e. The van der Waals surface area contributed by atoms with Crippen molar-refractivity contribution in [2.24, 2.45) is 0 Å². The van der Waals surface area contributed by atoms with Gasteiger partial charge in [0.25, 0.3) is 6.43 Å². The Bertz CT molecular complexity index is 306. The summed E-state index contributed by atoms with van der Waals surface area (Å²) in [5, 5.41) is 0.0275. The molecule has 0 aromatic carbocycles. The van der Waals surface area contributed by atoms with Crippen molar-refractivity contribution in [3.8, 4) is 0 Å². The van der Waals surface area contributed by atoms with Gasteiger partial charge in [-0.15, -0.1) is 0 Å². The van der Waals surface area contributed by atoms with Gasteiger partial charge in [-0.2, -0.15) is 0 Å². The van der Waals surface area contributed by atoms with Crippen molar-refractivity contribution in [2.45, 2.75) is 6.43 Å². The smallest absolute Gasteiger partial charge is 0.228 e. The first-order valence-corrected chi connectivity index (χ1v) is 4.78. The Kier molecular flexibility index (Phi) is 3.43. The van der Waals surface area contributed by atoms with E-state index < -0.39 is 6.43 Å². The lowest BCUT2D eigenvalue weighted by molar-refractivity contribution is 0.150. The van der Waals surface area contributed by atoms with Crippen LogP contribution in [0.15, 0.2) is 15.1 Å². The van der Waals surface area contributed by atoms with E-state index in [4.69, 9.17) is 11.6 Å². The molecule has 1 aromatic rings. The van der Waals surface area contributed by atoms with Crippen LogP contribution >= 0.6 is 43.5 Å². The van der Waals surface area contributed by atoms with E-state index in [1.807, 2.05) is 0 Å². The fourth-order valence-electron chi connectivity index (χ4n) is 0.645. The van der Waals surface area contributed by atoms with Crippen LogP contribution in [0.1, 0.15) is 12.0 Å². The Morgan fingerprint density at radius 3 is 2.50 bits per heavy atom. The molecule has 0 fully saturated rings. The molecule has 0 atom stereocenters. The van der Waals surface area contributed by atoms with E-state index in [0.717, 1.165) is 0 Å². The van der Waals surface area contributed by atoms with Gasteiger partial charge in [0.05, 0.1) is 4.47 Å². The standard InChI is InChI=1S/C6H2Br2ClF2N/c7-3-1-2(6(10)11)4(8)5(9)12-3/h1,6H. The largest absolute Gasteiger partial charge is 0.265 e. The third kappa shape index (κ3) is 2.14. The van der Waals surface area contributed by atoms with E-state index >= 15 is 0 Å². The third-order valence-corrected chi connectivity index (χ3v) is 2.89. The van der Waals surface area contributed by atoms with Crippen molar-refractivity contribution < 1.29 is 8.78 Å². The molecule has 66 valence electrons. The zero-order valence-electron chi connectivity index (χ0n) is 5.49. The average molecular weight is 321 g/mol. The number of hydrogen-bond donors (Lipinski definition) is 0. The highest BCUT2D eigenvalue weighted by molar-refractivity contribution is 9.11. The SMILES string of the molecule is FC(F)c1cc(Br)nc(Cl)c1Br. The number of nitrogens with zero attached hydrogens (tertiary/aromatic N) is 1. The van der Waals surface area contributed by atoms with Crippen molar-refractivity contribution in [1.29, 1.82) is 0 Å². The number of pyridine rings is 1. The lowest BCUT2D eigenvalue weighted by atomic mass is 10.3. The highest BCUT2D eigenvalue weighted by Crippen LogP contribution is 2.33. The zero-order chi connectivity index (χ0) is 9.30. The number of hydrogen-bond acceptors (Lipinski definition) is 1. The third-order valence-electron chi connectivity index (χ3n) is 1.15. The highest BCUT2D eigenvalue weighted by Gasteiger charge is 2.15. The summed E-state index contributed by atoms with van der Waals surface area (Å²) in [6.07, 6.45) is -2.56. The second kappa shape index (κ2) is 3.98. The predicted octanol–water partition coefficient (Wildman–Crippen LogP) is 4.20. The Morgan fingerprint density at radius 2 is 2.00 bits per heavy atom. The summed E-state index contributed by atoms with van der Waals surface area (Å²) in [6, 6.07) is 1.22. The van der Waals surface area contributed by atoms with Crippen LogP contribution in [0.4, 0.5) is 8.78 Å². The highest BCUT2D eigenvalue weighted by atomic mass is 79.9. The van der Waals surface area contributed by atoms with Gasteiger partial charge in [0.2, 0.25) is 0 Å². The van der Waals surface area contributed by atoms with Gasteiger partial charge >= 0.3 is 0 Å². The quantitative estimate of drug-likeness (QED) is 0.707. The Balaban J connectivity index is 3.28. The predicted molar refractivity (Wildman–Crippen MR) is 49.6 cm³/mol. The van der Waals surface area contributed by atoms with E-state index in [1.165, 1.54) is 6.07 Å². The molecule has 1 rings (SSSR count). The van der Waals surface area contributed by atoms with E-state index in [9.17, 15) is 8.78 Å². The number of rotatable bonds is 1. The normalized spacial score (nSPS) is 10.8. The van der Waals surface area contributed by atoms with Crippen LogP contribution in [0.3, 0.4) is 0 Å². The van der Waals surface area contributed by atoms with Crippen molar-refractivity contribution in [2.75, 3.05) is 0 Å². The maximum absolute atomic E-state index is 12.3. The lowest BCUT2D eigenvalue weighted by Crippen LogP contribution is -1.90. The molecular weight excluding hydrogens is 319 g/mol. The van der Waals surface area contributed by atoms with Gasteiger partial charge in [0.15, 0.2) is 0 Å². The minimum atomic E-state index is -2.56. The van der Waals surface area contributed by atoms with Gasteiger partial charge in [-0.3, -0.25) is 0 Å². The summed E-state index contributed by atoms with van der Waals surface area (Å²) < 4.78 is 24.9. The topological polar surface area (TPSA) is 12.9 Å². The molecule has 0 amide bonds. The van der Waals surface area contributed by atoms with Crippen molar-refractivity contribution in [1.82, 2.24) is 4.98 Å². The van der Waals surface area contributed by atoms with Gasteiger partial charge in [-0.05, 0) is 37.9 Å². The van der Waals surface area contributed by atoms with Crippen LogP contribution in [0, 0.1) is 0 Å². The molecule has 0 saturated carbocycles. The first-order chi connectivity index (χ1) is 5.52. The molecule has 0 aliphatic rings. The van der Waals surface area contributed by atoms with Crippen molar-refractivity contribution >= 4 is 43.5 Å². The lowest BCUT2D eigenvalue weighted by Gasteiger charge is -2.04. The molecule has 0 unspecified atom stereocenters. The molecular formula is C6H2Br2ClF2N. The summed E-state index contributed by atoms with van der Waals surface area (Å²) >= 11 is 11.4. The van der Waals surface area contributed by atoms with Gasteiger partial charge in [0.1, 0.15) is 9.76 Å². The van der Waals surface area contributed by atoms with Gasteiger partial charge < -0.3 is 0 Å². The molecule has 0 bridgehead atoms. The molecule has 1 heterocycles. The molecule has 1 nitrogen and oxygen atoms in total.